The van der Waals surface area contributed by atoms with E-state index < -0.39 is 17.7 Å². The number of ether oxygens (including phenoxy) is 3. The summed E-state index contributed by atoms with van der Waals surface area (Å²) in [6.45, 7) is 5.79. The average molecular weight is 903 g/mol. The lowest BCUT2D eigenvalue weighted by molar-refractivity contribution is -0.134. The summed E-state index contributed by atoms with van der Waals surface area (Å²) in [4.78, 5) is 72.1. The molecule has 0 aliphatic carbocycles. The Morgan fingerprint density at radius 2 is 1.54 bits per heavy atom. The van der Waals surface area contributed by atoms with E-state index in [-0.39, 0.29) is 66.2 Å². The molecule has 2 aromatic carbocycles. The van der Waals surface area contributed by atoms with Gasteiger partial charge >= 0.3 is 0 Å². The Labute approximate surface area is 375 Å². The van der Waals surface area contributed by atoms with Crippen molar-refractivity contribution in [3.05, 3.63) is 83.7 Å². The van der Waals surface area contributed by atoms with Crippen LogP contribution in [-0.4, -0.2) is 141 Å². The zero-order chi connectivity index (χ0) is 45.5. The number of hydrogen-bond acceptors (Lipinski definition) is 13. The van der Waals surface area contributed by atoms with E-state index >= 15 is 0 Å². The van der Waals surface area contributed by atoms with Crippen LogP contribution in [0.25, 0.3) is 5.65 Å². The highest BCUT2D eigenvalue weighted by Gasteiger charge is 2.31. The van der Waals surface area contributed by atoms with Crippen molar-refractivity contribution in [2.45, 2.75) is 57.0 Å². The van der Waals surface area contributed by atoms with Crippen molar-refractivity contribution in [2.24, 2.45) is 0 Å². The van der Waals surface area contributed by atoms with E-state index in [0.717, 1.165) is 29.9 Å². The van der Waals surface area contributed by atoms with Crippen LogP contribution in [0.1, 0.15) is 66.9 Å². The van der Waals surface area contributed by atoms with Crippen molar-refractivity contribution in [3.8, 4) is 0 Å². The van der Waals surface area contributed by atoms with Gasteiger partial charge in [-0.3, -0.25) is 29.3 Å². The van der Waals surface area contributed by atoms with Gasteiger partial charge in [-0.15, -0.1) is 0 Å². The van der Waals surface area contributed by atoms with Gasteiger partial charge in [-0.05, 0) is 74.2 Å². The summed E-state index contributed by atoms with van der Waals surface area (Å²) in [7, 11) is 0. The first-order valence-electron chi connectivity index (χ1n) is 22.2. The molecule has 348 valence electrons. The Kier molecular flexibility index (Phi) is 16.6. The number of rotatable bonds is 22. The molecule has 3 saturated heterocycles. The number of piperidine rings is 1. The van der Waals surface area contributed by atoms with Crippen LogP contribution in [0.3, 0.4) is 0 Å². The maximum Gasteiger partial charge on any atom is 0.256 e. The molecule has 2 aromatic heterocycles. The number of nitrogens with one attached hydrogen (secondary N) is 4. The molecule has 20 heteroatoms. The fourth-order valence-electron chi connectivity index (χ4n) is 8.05. The van der Waals surface area contributed by atoms with Crippen LogP contribution < -0.4 is 31.1 Å². The third-order valence-corrected chi connectivity index (χ3v) is 11.5. The van der Waals surface area contributed by atoms with Gasteiger partial charge in [-0.2, -0.15) is 5.10 Å². The lowest BCUT2D eigenvalue weighted by atomic mass is 10.0. The SMILES string of the molecule is O=C(CCOCCOCCOCCC(=O)N1CCN(c2ccc(NC3CCC(=O)NC3=O)cc2)CC1)NCCCNC(=O)c1cnn2ccc(N3CCC[C@@H]3c3cc(F)ccc3F)nc12. The summed E-state index contributed by atoms with van der Waals surface area (Å²) in [5, 5.41) is 15.4. The molecule has 65 heavy (non-hydrogen) atoms. The van der Waals surface area contributed by atoms with E-state index in [2.05, 4.69) is 36.2 Å². The Morgan fingerprint density at radius 3 is 2.29 bits per heavy atom. The molecule has 0 bridgehead atoms. The van der Waals surface area contributed by atoms with Gasteiger partial charge in [-0.25, -0.2) is 18.3 Å². The van der Waals surface area contributed by atoms with Crippen LogP contribution in [0.4, 0.5) is 26.0 Å². The number of carbonyl (C=O) groups excluding carboxylic acids is 5. The molecule has 0 radical (unpaired) electrons. The number of imide groups is 1. The third-order valence-electron chi connectivity index (χ3n) is 11.5. The molecule has 5 amide bonds. The van der Waals surface area contributed by atoms with Crippen molar-refractivity contribution in [1.29, 1.82) is 0 Å². The minimum Gasteiger partial charge on any atom is -0.379 e. The summed E-state index contributed by atoms with van der Waals surface area (Å²) in [6, 6.07) is 12.2. The number of halogens is 2. The van der Waals surface area contributed by atoms with Gasteiger partial charge in [0.05, 0.1) is 58.3 Å². The summed E-state index contributed by atoms with van der Waals surface area (Å²) in [5.41, 5.74) is 2.74. The lowest BCUT2D eigenvalue weighted by Crippen LogP contribution is -2.49. The highest BCUT2D eigenvalue weighted by molar-refractivity contribution is 6.01. The quantitative estimate of drug-likeness (QED) is 0.0664. The van der Waals surface area contributed by atoms with Crippen LogP contribution in [0, 0.1) is 11.6 Å². The Balaban J connectivity index is 0.676. The highest BCUT2D eigenvalue weighted by atomic mass is 19.1. The smallest absolute Gasteiger partial charge is 0.256 e. The topological polar surface area (TPSA) is 201 Å². The maximum absolute atomic E-state index is 14.6. The largest absolute Gasteiger partial charge is 0.379 e. The summed E-state index contributed by atoms with van der Waals surface area (Å²) in [5.74, 6) is -1.48. The highest BCUT2D eigenvalue weighted by Crippen LogP contribution is 2.37. The van der Waals surface area contributed by atoms with E-state index in [4.69, 9.17) is 14.2 Å². The molecule has 3 aliphatic heterocycles. The second kappa shape index (κ2) is 23.1. The van der Waals surface area contributed by atoms with Gasteiger partial charge < -0.3 is 44.9 Å². The number of aromatic nitrogens is 3. The fourth-order valence-corrected chi connectivity index (χ4v) is 8.05. The Morgan fingerprint density at radius 1 is 0.815 bits per heavy atom. The van der Waals surface area contributed by atoms with Crippen molar-refractivity contribution in [1.82, 2.24) is 35.4 Å². The molecule has 4 aromatic rings. The predicted octanol–water partition coefficient (Wildman–Crippen LogP) is 2.98. The van der Waals surface area contributed by atoms with Crippen molar-refractivity contribution < 1.29 is 47.0 Å². The van der Waals surface area contributed by atoms with E-state index in [9.17, 15) is 32.8 Å². The van der Waals surface area contributed by atoms with Crippen LogP contribution in [0.15, 0.2) is 60.9 Å². The van der Waals surface area contributed by atoms with Gasteiger partial charge in [0, 0.05) is 81.8 Å². The van der Waals surface area contributed by atoms with Crippen LogP contribution >= 0.6 is 0 Å². The normalized spacial score (nSPS) is 17.7. The number of amides is 5. The summed E-state index contributed by atoms with van der Waals surface area (Å²) < 4.78 is 46.7. The first-order valence-corrected chi connectivity index (χ1v) is 22.2. The van der Waals surface area contributed by atoms with E-state index in [1.807, 2.05) is 34.1 Å². The number of anilines is 3. The minimum absolute atomic E-state index is 0.0455. The molecule has 3 fully saturated rings. The van der Waals surface area contributed by atoms with Crippen LogP contribution in [0.5, 0.6) is 0 Å². The molecule has 18 nitrogen and oxygen atoms in total. The number of piperazine rings is 1. The van der Waals surface area contributed by atoms with Gasteiger partial charge in [-0.1, -0.05) is 0 Å². The molecular weight excluding hydrogens is 847 g/mol. The second-order valence-electron chi connectivity index (χ2n) is 16.0. The fraction of sp³-hybridized carbons (Fsp3) is 0.489. The first kappa shape index (κ1) is 46.7. The van der Waals surface area contributed by atoms with Crippen LogP contribution in [0.2, 0.25) is 0 Å². The van der Waals surface area contributed by atoms with E-state index in [0.29, 0.717) is 116 Å². The molecule has 5 heterocycles. The Bertz CT molecular complexity index is 2270. The average Bonchev–Trinajstić information content (AvgIpc) is 3.98. The molecule has 1 unspecified atom stereocenters. The predicted molar refractivity (Wildman–Crippen MR) is 235 cm³/mol. The molecular formula is C45H56F2N10O8. The number of benzene rings is 2. The zero-order valence-corrected chi connectivity index (χ0v) is 36.3. The minimum atomic E-state index is -0.504. The van der Waals surface area contributed by atoms with E-state index in [1.165, 1.54) is 16.8 Å². The second-order valence-corrected chi connectivity index (χ2v) is 16.0. The molecule has 2 atom stereocenters. The summed E-state index contributed by atoms with van der Waals surface area (Å²) >= 11 is 0. The molecule has 0 saturated carbocycles. The molecule has 3 aliphatic rings. The number of hydrogen-bond donors (Lipinski definition) is 4. The third kappa shape index (κ3) is 12.9. The van der Waals surface area contributed by atoms with Crippen molar-refractivity contribution >= 4 is 52.4 Å². The van der Waals surface area contributed by atoms with Crippen molar-refractivity contribution in [2.75, 3.05) is 101 Å². The molecule has 4 N–H and O–H groups in total. The molecule has 0 spiro atoms. The van der Waals surface area contributed by atoms with E-state index in [1.54, 1.807) is 12.3 Å². The van der Waals surface area contributed by atoms with Gasteiger partial charge in [0.15, 0.2) is 5.65 Å². The van der Waals surface area contributed by atoms with Gasteiger partial charge in [0.1, 0.15) is 29.1 Å². The number of nitrogens with zero attached hydrogens (tertiary/aromatic N) is 6. The van der Waals surface area contributed by atoms with Crippen molar-refractivity contribution in [3.63, 3.8) is 0 Å². The maximum atomic E-state index is 14.6. The zero-order valence-electron chi connectivity index (χ0n) is 36.3. The standard InChI is InChI=1S/C45H56F2N10O8/c46-31-4-9-36(47)34(29-31)38-3-1-17-56(38)39-12-18-57-43(52-39)35(30-50-57)44(61)49-16-2-15-48-40(58)13-23-63-25-27-65-28-26-64-24-14-42(60)55-21-19-54(20-22-55)33-7-5-32(6-8-33)51-37-10-11-41(59)53-45(37)62/h4-9,12,18,29-30,37-38,51H,1-3,10-11,13-17,19-28H2,(H,48,58)(H,49,61)(H,53,59,62)/t37?,38-/m1/s1. The van der Waals surface area contributed by atoms with Crippen LogP contribution in [-0.2, 0) is 33.4 Å². The number of carbonyl (C=O) groups is 5. The number of fused-ring (bicyclic) bond motifs is 1. The Hall–Kier alpha value is -6.25. The lowest BCUT2D eigenvalue weighted by Gasteiger charge is -2.36. The molecule has 7 rings (SSSR count). The summed E-state index contributed by atoms with van der Waals surface area (Å²) in [6.07, 6.45) is 6.29. The van der Waals surface area contributed by atoms with Gasteiger partial charge in [0.25, 0.3) is 5.91 Å². The van der Waals surface area contributed by atoms with Gasteiger partial charge in [0.2, 0.25) is 23.6 Å². The monoisotopic (exact) mass is 902 g/mol. The first-order chi connectivity index (χ1) is 31.6.